The Morgan fingerprint density at radius 2 is 2.06 bits per heavy atom. The first-order chi connectivity index (χ1) is 7.61. The highest BCUT2D eigenvalue weighted by Gasteiger charge is 2.43. The first-order valence-corrected chi connectivity index (χ1v) is 5.61. The van der Waals surface area contributed by atoms with Crippen LogP contribution in [0.25, 0.3) is 0 Å². The lowest BCUT2D eigenvalue weighted by atomic mass is 10.1. The molecule has 0 bridgehead atoms. The number of carbonyl (C=O) groups is 1. The van der Waals surface area contributed by atoms with Crippen molar-refractivity contribution in [3.05, 3.63) is 35.9 Å². The van der Waals surface area contributed by atoms with E-state index in [1.54, 1.807) is 6.92 Å². The van der Waals surface area contributed by atoms with Crippen molar-refractivity contribution < 1.29 is 9.90 Å². The summed E-state index contributed by atoms with van der Waals surface area (Å²) in [5.41, 5.74) is 1.32. The molecule has 1 N–H and O–H groups in total. The SMILES string of the molecule is CC(C(=O)O)N(C)[C@@H]1C[C@H]1c1ccccc1. The minimum atomic E-state index is -0.749. The van der Waals surface area contributed by atoms with Gasteiger partial charge in [0.05, 0.1) is 0 Å². The van der Waals surface area contributed by atoms with Gasteiger partial charge in [-0.1, -0.05) is 30.3 Å². The summed E-state index contributed by atoms with van der Waals surface area (Å²) in [6, 6.07) is 10.3. The van der Waals surface area contributed by atoms with Gasteiger partial charge < -0.3 is 5.11 Å². The van der Waals surface area contributed by atoms with Gasteiger partial charge in [-0.25, -0.2) is 0 Å². The second-order valence-corrected chi connectivity index (χ2v) is 4.50. The largest absolute Gasteiger partial charge is 0.480 e. The van der Waals surface area contributed by atoms with Crippen LogP contribution in [0, 0.1) is 0 Å². The summed E-state index contributed by atoms with van der Waals surface area (Å²) >= 11 is 0. The number of hydrogen-bond donors (Lipinski definition) is 1. The van der Waals surface area contributed by atoms with E-state index < -0.39 is 12.0 Å². The second kappa shape index (κ2) is 4.26. The van der Waals surface area contributed by atoms with Gasteiger partial charge in [-0.15, -0.1) is 0 Å². The molecule has 0 radical (unpaired) electrons. The number of carboxylic acids is 1. The zero-order valence-corrected chi connectivity index (χ0v) is 9.63. The molecule has 1 unspecified atom stereocenters. The molecular weight excluding hydrogens is 202 g/mol. The minimum Gasteiger partial charge on any atom is -0.480 e. The van der Waals surface area contributed by atoms with Crippen LogP contribution in [0.5, 0.6) is 0 Å². The zero-order valence-electron chi connectivity index (χ0n) is 9.63. The molecule has 1 aromatic carbocycles. The van der Waals surface area contributed by atoms with E-state index >= 15 is 0 Å². The van der Waals surface area contributed by atoms with Gasteiger partial charge in [0.25, 0.3) is 0 Å². The maximum atomic E-state index is 10.9. The first kappa shape index (κ1) is 11.1. The average Bonchev–Trinajstić information content (AvgIpc) is 3.08. The van der Waals surface area contributed by atoms with Gasteiger partial charge in [0.2, 0.25) is 0 Å². The third kappa shape index (κ3) is 2.09. The molecule has 1 aromatic rings. The number of likely N-dealkylation sites (N-methyl/N-ethyl adjacent to an activating group) is 1. The molecule has 2 rings (SSSR count). The Hall–Kier alpha value is -1.35. The number of rotatable bonds is 4. The molecule has 0 saturated heterocycles. The Balaban J connectivity index is 1.99. The Morgan fingerprint density at radius 1 is 1.44 bits per heavy atom. The van der Waals surface area contributed by atoms with Crippen molar-refractivity contribution in [2.24, 2.45) is 0 Å². The zero-order chi connectivity index (χ0) is 11.7. The van der Waals surface area contributed by atoms with Crippen LogP contribution in [0.4, 0.5) is 0 Å². The number of carboxylic acid groups (broad SMARTS) is 1. The van der Waals surface area contributed by atoms with Crippen LogP contribution in [0.3, 0.4) is 0 Å². The van der Waals surface area contributed by atoms with Crippen molar-refractivity contribution in [2.75, 3.05) is 7.05 Å². The molecule has 3 nitrogen and oxygen atoms in total. The number of benzene rings is 1. The predicted molar refractivity (Wildman–Crippen MR) is 62.4 cm³/mol. The van der Waals surface area contributed by atoms with Gasteiger partial charge in [0, 0.05) is 12.0 Å². The van der Waals surface area contributed by atoms with Crippen LogP contribution in [0.15, 0.2) is 30.3 Å². The molecule has 16 heavy (non-hydrogen) atoms. The quantitative estimate of drug-likeness (QED) is 0.841. The van der Waals surface area contributed by atoms with Crippen molar-refractivity contribution in [1.29, 1.82) is 0 Å². The van der Waals surface area contributed by atoms with Crippen LogP contribution in [0.2, 0.25) is 0 Å². The van der Waals surface area contributed by atoms with Crippen molar-refractivity contribution in [1.82, 2.24) is 4.90 Å². The molecule has 0 amide bonds. The lowest BCUT2D eigenvalue weighted by molar-refractivity contribution is -0.142. The van der Waals surface area contributed by atoms with Gasteiger partial charge in [0.1, 0.15) is 6.04 Å². The maximum Gasteiger partial charge on any atom is 0.320 e. The smallest absolute Gasteiger partial charge is 0.320 e. The molecule has 0 heterocycles. The lowest BCUT2D eigenvalue weighted by Crippen LogP contribution is -2.37. The summed E-state index contributed by atoms with van der Waals surface area (Å²) in [5, 5.41) is 8.94. The average molecular weight is 219 g/mol. The molecule has 0 aliphatic heterocycles. The van der Waals surface area contributed by atoms with E-state index in [2.05, 4.69) is 12.1 Å². The molecule has 1 aliphatic rings. The van der Waals surface area contributed by atoms with Crippen LogP contribution in [0.1, 0.15) is 24.8 Å². The van der Waals surface area contributed by atoms with Crippen molar-refractivity contribution in [2.45, 2.75) is 31.3 Å². The predicted octanol–water partition coefficient (Wildman–Crippen LogP) is 1.95. The highest BCUT2D eigenvalue weighted by Crippen LogP contribution is 2.44. The van der Waals surface area contributed by atoms with E-state index in [9.17, 15) is 4.79 Å². The Morgan fingerprint density at radius 3 is 2.62 bits per heavy atom. The Kier molecular flexibility index (Phi) is 2.97. The standard InChI is InChI=1S/C13H17NO2/c1-9(13(15)16)14(2)12-8-11(12)10-6-4-3-5-7-10/h3-7,9,11-12H,8H2,1-2H3,(H,15,16)/t9?,11-,12+/m0/s1. The molecular formula is C13H17NO2. The summed E-state index contributed by atoms with van der Waals surface area (Å²) < 4.78 is 0. The molecule has 0 aromatic heterocycles. The summed E-state index contributed by atoms with van der Waals surface area (Å²) in [5.74, 6) is -0.241. The fourth-order valence-electron chi connectivity index (χ4n) is 2.15. The maximum absolute atomic E-state index is 10.9. The molecule has 3 atom stereocenters. The highest BCUT2D eigenvalue weighted by atomic mass is 16.4. The Labute approximate surface area is 95.7 Å². The van der Waals surface area contributed by atoms with Gasteiger partial charge in [-0.2, -0.15) is 0 Å². The summed E-state index contributed by atoms with van der Waals surface area (Å²) in [7, 11) is 1.90. The normalized spacial score (nSPS) is 25.4. The van der Waals surface area contributed by atoms with Crippen LogP contribution in [-0.4, -0.2) is 35.1 Å². The van der Waals surface area contributed by atoms with Crippen molar-refractivity contribution in [3.8, 4) is 0 Å². The van der Waals surface area contributed by atoms with E-state index in [-0.39, 0.29) is 0 Å². The van der Waals surface area contributed by atoms with E-state index in [0.717, 1.165) is 6.42 Å². The van der Waals surface area contributed by atoms with Crippen LogP contribution in [-0.2, 0) is 4.79 Å². The second-order valence-electron chi connectivity index (χ2n) is 4.50. The molecule has 3 heteroatoms. The van der Waals surface area contributed by atoms with E-state index in [0.29, 0.717) is 12.0 Å². The third-order valence-electron chi connectivity index (χ3n) is 3.48. The molecule has 86 valence electrons. The molecule has 1 saturated carbocycles. The van der Waals surface area contributed by atoms with E-state index in [1.165, 1.54) is 5.56 Å². The fourth-order valence-corrected chi connectivity index (χ4v) is 2.15. The highest BCUT2D eigenvalue weighted by molar-refractivity contribution is 5.73. The Bertz CT molecular complexity index is 377. The van der Waals surface area contributed by atoms with Gasteiger partial charge in [-0.3, -0.25) is 9.69 Å². The fraction of sp³-hybridized carbons (Fsp3) is 0.462. The van der Waals surface area contributed by atoms with Gasteiger partial charge >= 0.3 is 5.97 Å². The molecule has 0 spiro atoms. The molecule has 1 fully saturated rings. The van der Waals surface area contributed by atoms with E-state index in [1.807, 2.05) is 30.1 Å². The first-order valence-electron chi connectivity index (χ1n) is 5.61. The monoisotopic (exact) mass is 219 g/mol. The van der Waals surface area contributed by atoms with Gasteiger partial charge in [0.15, 0.2) is 0 Å². The summed E-state index contributed by atoms with van der Waals surface area (Å²) in [6.45, 7) is 1.74. The number of aliphatic carboxylic acids is 1. The minimum absolute atomic E-state index is 0.383. The van der Waals surface area contributed by atoms with Crippen LogP contribution < -0.4 is 0 Å². The topological polar surface area (TPSA) is 40.5 Å². The number of hydrogen-bond acceptors (Lipinski definition) is 2. The van der Waals surface area contributed by atoms with E-state index in [4.69, 9.17) is 5.11 Å². The third-order valence-corrected chi connectivity index (χ3v) is 3.48. The van der Waals surface area contributed by atoms with Crippen LogP contribution >= 0.6 is 0 Å². The summed E-state index contributed by atoms with van der Waals surface area (Å²) in [6.07, 6.45) is 1.07. The summed E-state index contributed by atoms with van der Waals surface area (Å²) in [4.78, 5) is 12.8. The van der Waals surface area contributed by atoms with Gasteiger partial charge in [-0.05, 0) is 26.0 Å². The van der Waals surface area contributed by atoms with Crippen molar-refractivity contribution >= 4 is 5.97 Å². The number of nitrogens with zero attached hydrogens (tertiary/aromatic N) is 1. The lowest BCUT2D eigenvalue weighted by Gasteiger charge is -2.21. The van der Waals surface area contributed by atoms with Crippen molar-refractivity contribution in [3.63, 3.8) is 0 Å². The molecule has 1 aliphatic carbocycles.